The summed E-state index contributed by atoms with van der Waals surface area (Å²) in [5.74, 6) is -0.0821. The van der Waals surface area contributed by atoms with Crippen molar-refractivity contribution in [2.75, 3.05) is 0 Å². The van der Waals surface area contributed by atoms with E-state index in [1.165, 1.54) is 6.92 Å². The molecule has 6 heteroatoms. The highest BCUT2D eigenvalue weighted by atomic mass is 16.5. The van der Waals surface area contributed by atoms with Crippen molar-refractivity contribution >= 4 is 35.0 Å². The SMILES string of the molecule is CC(=O)c1cccc(N=Nc2ccc3c(c2)C=Nc2ccccc2C(=O)O3)c1. The summed E-state index contributed by atoms with van der Waals surface area (Å²) in [7, 11) is 0. The standard InChI is InChI=1S/C22H15N3O3/c1-14(26)15-5-4-6-17(11-15)24-25-18-9-10-21-16(12-18)13-23-20-8-3-2-7-19(20)22(27)28-21/h2-13H,1H3. The maximum atomic E-state index is 12.3. The molecular weight excluding hydrogens is 354 g/mol. The Balaban J connectivity index is 1.65. The van der Waals surface area contributed by atoms with Crippen molar-refractivity contribution in [3.05, 3.63) is 83.4 Å². The van der Waals surface area contributed by atoms with E-state index in [0.29, 0.717) is 39.5 Å². The molecule has 0 spiro atoms. The number of ketones is 1. The fourth-order valence-corrected chi connectivity index (χ4v) is 2.75. The molecule has 6 nitrogen and oxygen atoms in total. The fraction of sp³-hybridized carbons (Fsp3) is 0.0455. The monoisotopic (exact) mass is 369 g/mol. The lowest BCUT2D eigenvalue weighted by Crippen LogP contribution is -2.11. The molecule has 0 saturated heterocycles. The highest BCUT2D eigenvalue weighted by molar-refractivity contribution is 6.00. The van der Waals surface area contributed by atoms with Crippen LogP contribution in [0.25, 0.3) is 0 Å². The van der Waals surface area contributed by atoms with Gasteiger partial charge in [0.1, 0.15) is 5.75 Å². The van der Waals surface area contributed by atoms with E-state index >= 15 is 0 Å². The van der Waals surface area contributed by atoms with E-state index in [1.54, 1.807) is 66.9 Å². The molecule has 0 amide bonds. The Labute approximate surface area is 161 Å². The number of para-hydroxylation sites is 1. The van der Waals surface area contributed by atoms with Crippen molar-refractivity contribution in [2.24, 2.45) is 15.2 Å². The van der Waals surface area contributed by atoms with Crippen molar-refractivity contribution in [1.29, 1.82) is 0 Å². The van der Waals surface area contributed by atoms with Gasteiger partial charge in [0.05, 0.1) is 22.6 Å². The number of hydrogen-bond donors (Lipinski definition) is 0. The number of carbonyl (C=O) groups is 2. The molecule has 28 heavy (non-hydrogen) atoms. The van der Waals surface area contributed by atoms with E-state index in [0.717, 1.165) is 0 Å². The van der Waals surface area contributed by atoms with Gasteiger partial charge in [0.15, 0.2) is 5.78 Å². The zero-order valence-electron chi connectivity index (χ0n) is 15.0. The van der Waals surface area contributed by atoms with Crippen molar-refractivity contribution in [3.63, 3.8) is 0 Å². The van der Waals surface area contributed by atoms with Crippen LogP contribution in [0.15, 0.2) is 82.0 Å². The van der Waals surface area contributed by atoms with Gasteiger partial charge in [0.2, 0.25) is 0 Å². The van der Waals surface area contributed by atoms with E-state index < -0.39 is 5.97 Å². The fourth-order valence-electron chi connectivity index (χ4n) is 2.75. The highest BCUT2D eigenvalue weighted by Crippen LogP contribution is 2.30. The first kappa shape index (κ1) is 17.5. The van der Waals surface area contributed by atoms with Gasteiger partial charge < -0.3 is 4.74 Å². The number of hydrogen-bond acceptors (Lipinski definition) is 6. The van der Waals surface area contributed by atoms with E-state index in [4.69, 9.17) is 4.74 Å². The average Bonchev–Trinajstić information content (AvgIpc) is 2.71. The topological polar surface area (TPSA) is 80.5 Å². The molecule has 0 aliphatic carbocycles. The lowest BCUT2D eigenvalue weighted by Gasteiger charge is -2.12. The number of nitrogens with zero attached hydrogens (tertiary/aromatic N) is 3. The maximum Gasteiger partial charge on any atom is 0.345 e. The summed E-state index contributed by atoms with van der Waals surface area (Å²) in [4.78, 5) is 28.2. The third-order valence-electron chi connectivity index (χ3n) is 4.20. The van der Waals surface area contributed by atoms with Crippen molar-refractivity contribution in [3.8, 4) is 5.75 Å². The van der Waals surface area contributed by atoms with Crippen molar-refractivity contribution in [2.45, 2.75) is 6.92 Å². The number of esters is 1. The minimum atomic E-state index is -0.455. The van der Waals surface area contributed by atoms with Gasteiger partial charge in [-0.2, -0.15) is 10.2 Å². The second-order valence-electron chi connectivity index (χ2n) is 6.19. The molecule has 0 radical (unpaired) electrons. The quantitative estimate of drug-likeness (QED) is 0.261. The minimum absolute atomic E-state index is 0.0311. The molecule has 3 aromatic carbocycles. The molecule has 0 N–H and O–H groups in total. The molecule has 1 aliphatic rings. The summed E-state index contributed by atoms with van der Waals surface area (Å²) in [5, 5.41) is 8.40. The third-order valence-corrected chi connectivity index (χ3v) is 4.20. The number of ether oxygens (including phenoxy) is 1. The molecule has 1 aliphatic heterocycles. The zero-order valence-corrected chi connectivity index (χ0v) is 15.0. The van der Waals surface area contributed by atoms with Crippen LogP contribution in [0.2, 0.25) is 0 Å². The Hall–Kier alpha value is -3.93. The molecule has 0 atom stereocenters. The van der Waals surface area contributed by atoms with Crippen LogP contribution >= 0.6 is 0 Å². The average molecular weight is 369 g/mol. The lowest BCUT2D eigenvalue weighted by atomic mass is 10.1. The van der Waals surface area contributed by atoms with Crippen LogP contribution in [0, 0.1) is 0 Å². The Morgan fingerprint density at radius 3 is 2.54 bits per heavy atom. The van der Waals surface area contributed by atoms with E-state index in [-0.39, 0.29) is 5.78 Å². The number of carbonyl (C=O) groups excluding carboxylic acids is 2. The Bertz CT molecular complexity index is 1150. The smallest absolute Gasteiger partial charge is 0.345 e. The van der Waals surface area contributed by atoms with Gasteiger partial charge in [0.25, 0.3) is 0 Å². The van der Waals surface area contributed by atoms with Gasteiger partial charge in [-0.1, -0.05) is 24.3 Å². The number of benzene rings is 3. The molecule has 3 aromatic rings. The summed E-state index contributed by atoms with van der Waals surface area (Å²) in [5.41, 5.74) is 3.31. The molecular formula is C22H15N3O3. The van der Waals surface area contributed by atoms with E-state index in [9.17, 15) is 9.59 Å². The van der Waals surface area contributed by atoms with Gasteiger partial charge in [0, 0.05) is 17.3 Å². The lowest BCUT2D eigenvalue weighted by molar-refractivity contribution is 0.0734. The molecule has 1 heterocycles. The first-order valence-corrected chi connectivity index (χ1v) is 8.62. The van der Waals surface area contributed by atoms with Gasteiger partial charge in [-0.05, 0) is 49.4 Å². The zero-order chi connectivity index (χ0) is 19.5. The van der Waals surface area contributed by atoms with Crippen LogP contribution in [0.4, 0.5) is 17.1 Å². The highest BCUT2D eigenvalue weighted by Gasteiger charge is 2.17. The van der Waals surface area contributed by atoms with Crippen molar-refractivity contribution in [1.82, 2.24) is 0 Å². The predicted octanol–water partition coefficient (Wildman–Crippen LogP) is 5.59. The summed E-state index contributed by atoms with van der Waals surface area (Å²) in [6.45, 7) is 1.50. The van der Waals surface area contributed by atoms with E-state index in [2.05, 4.69) is 15.2 Å². The first-order chi connectivity index (χ1) is 13.6. The van der Waals surface area contributed by atoms with Gasteiger partial charge in [-0.15, -0.1) is 0 Å². The molecule has 0 saturated carbocycles. The number of aliphatic imine (C=N–C) groups is 1. The second-order valence-corrected chi connectivity index (χ2v) is 6.19. The molecule has 136 valence electrons. The summed E-state index contributed by atoms with van der Waals surface area (Å²) in [6, 6.07) is 19.0. The molecule has 0 fully saturated rings. The summed E-state index contributed by atoms with van der Waals surface area (Å²) in [6.07, 6.45) is 1.63. The van der Waals surface area contributed by atoms with Crippen LogP contribution in [-0.2, 0) is 0 Å². The van der Waals surface area contributed by atoms with Gasteiger partial charge >= 0.3 is 5.97 Å². The maximum absolute atomic E-state index is 12.3. The van der Waals surface area contributed by atoms with Crippen LogP contribution in [-0.4, -0.2) is 18.0 Å². The van der Waals surface area contributed by atoms with E-state index in [1.807, 2.05) is 6.07 Å². The number of azo groups is 1. The van der Waals surface area contributed by atoms with Crippen LogP contribution in [0.1, 0.15) is 33.2 Å². The van der Waals surface area contributed by atoms with Crippen LogP contribution < -0.4 is 4.74 Å². The Morgan fingerprint density at radius 1 is 0.929 bits per heavy atom. The number of rotatable bonds is 3. The van der Waals surface area contributed by atoms with Gasteiger partial charge in [-0.3, -0.25) is 9.79 Å². The minimum Gasteiger partial charge on any atom is -0.422 e. The second kappa shape index (κ2) is 7.36. The predicted molar refractivity (Wildman–Crippen MR) is 106 cm³/mol. The van der Waals surface area contributed by atoms with Gasteiger partial charge in [-0.25, -0.2) is 4.79 Å². The Kier molecular flexibility index (Phi) is 4.60. The summed E-state index contributed by atoms with van der Waals surface area (Å²) < 4.78 is 5.48. The van der Waals surface area contributed by atoms with Crippen LogP contribution in [0.3, 0.4) is 0 Å². The first-order valence-electron chi connectivity index (χ1n) is 8.62. The molecule has 4 rings (SSSR count). The Morgan fingerprint density at radius 2 is 1.71 bits per heavy atom. The third kappa shape index (κ3) is 3.61. The number of fused-ring (bicyclic) bond motifs is 2. The summed E-state index contributed by atoms with van der Waals surface area (Å²) >= 11 is 0. The van der Waals surface area contributed by atoms with Crippen molar-refractivity contribution < 1.29 is 14.3 Å². The molecule has 0 aromatic heterocycles. The molecule has 0 bridgehead atoms. The molecule has 0 unspecified atom stereocenters. The largest absolute Gasteiger partial charge is 0.422 e. The van der Waals surface area contributed by atoms with Crippen LogP contribution in [0.5, 0.6) is 5.75 Å². The normalized spacial score (nSPS) is 12.7. The number of Topliss-reactive ketones (excluding diaryl/α,β-unsaturated/α-hetero) is 1.